The molecule has 0 radical (unpaired) electrons. The molecule has 0 saturated carbocycles. The standard InChI is InChI=1S/C17H26N2O2/c1-13(10-14-6-3-4-8-16(14)21-2)11-17(20)19-12-15-7-5-9-18-15/h3-4,6,8,13,15,18H,5,7,9-12H2,1-2H3,(H,19,20). The molecule has 4 heteroatoms. The number of rotatable bonds is 7. The van der Waals surface area contributed by atoms with E-state index in [4.69, 9.17) is 4.74 Å². The van der Waals surface area contributed by atoms with Gasteiger partial charge in [0.25, 0.3) is 0 Å². The maximum atomic E-state index is 12.0. The molecule has 4 nitrogen and oxygen atoms in total. The highest BCUT2D eigenvalue weighted by Gasteiger charge is 2.16. The van der Waals surface area contributed by atoms with Crippen molar-refractivity contribution in [3.05, 3.63) is 29.8 Å². The molecule has 1 amide bonds. The molecule has 2 rings (SSSR count). The van der Waals surface area contributed by atoms with Crippen LogP contribution in [-0.2, 0) is 11.2 Å². The molecule has 1 aliphatic heterocycles. The second kappa shape index (κ2) is 8.03. The third-order valence-corrected chi connectivity index (χ3v) is 4.00. The number of hydrogen-bond donors (Lipinski definition) is 2. The van der Waals surface area contributed by atoms with Gasteiger partial charge in [0.15, 0.2) is 0 Å². The lowest BCUT2D eigenvalue weighted by molar-refractivity contribution is -0.121. The summed E-state index contributed by atoms with van der Waals surface area (Å²) < 4.78 is 5.36. The van der Waals surface area contributed by atoms with E-state index in [1.165, 1.54) is 6.42 Å². The normalized spacial score (nSPS) is 19.2. The third kappa shape index (κ3) is 5.05. The van der Waals surface area contributed by atoms with Crippen molar-refractivity contribution < 1.29 is 9.53 Å². The monoisotopic (exact) mass is 290 g/mol. The summed E-state index contributed by atoms with van der Waals surface area (Å²) in [6, 6.07) is 8.47. The van der Waals surface area contributed by atoms with Gasteiger partial charge in [0.2, 0.25) is 5.91 Å². The van der Waals surface area contributed by atoms with E-state index in [0.29, 0.717) is 18.4 Å². The number of ether oxygens (including phenoxy) is 1. The molecule has 21 heavy (non-hydrogen) atoms. The Morgan fingerprint density at radius 1 is 1.48 bits per heavy atom. The second-order valence-corrected chi connectivity index (χ2v) is 5.92. The van der Waals surface area contributed by atoms with Crippen molar-refractivity contribution >= 4 is 5.91 Å². The first-order valence-electron chi connectivity index (χ1n) is 7.81. The molecule has 1 saturated heterocycles. The highest BCUT2D eigenvalue weighted by atomic mass is 16.5. The SMILES string of the molecule is COc1ccccc1CC(C)CC(=O)NCC1CCCN1. The average molecular weight is 290 g/mol. The Bertz CT molecular complexity index is 456. The first-order chi connectivity index (χ1) is 10.2. The van der Waals surface area contributed by atoms with Crippen molar-refractivity contribution in [3.8, 4) is 5.75 Å². The first-order valence-corrected chi connectivity index (χ1v) is 7.81. The van der Waals surface area contributed by atoms with E-state index in [1.807, 2.05) is 18.2 Å². The molecule has 0 aromatic heterocycles. The number of carbonyl (C=O) groups is 1. The molecule has 1 fully saturated rings. The smallest absolute Gasteiger partial charge is 0.220 e. The molecule has 2 N–H and O–H groups in total. The zero-order chi connectivity index (χ0) is 15.1. The Labute approximate surface area is 127 Å². The number of amides is 1. The van der Waals surface area contributed by atoms with Gasteiger partial charge in [-0.15, -0.1) is 0 Å². The largest absolute Gasteiger partial charge is 0.496 e. The predicted octanol–water partition coefficient (Wildman–Crippen LogP) is 2.13. The van der Waals surface area contributed by atoms with Crippen molar-refractivity contribution in [3.63, 3.8) is 0 Å². The summed E-state index contributed by atoms with van der Waals surface area (Å²) >= 11 is 0. The number of nitrogens with one attached hydrogen (secondary N) is 2. The van der Waals surface area contributed by atoms with Crippen LogP contribution in [0, 0.1) is 5.92 Å². The third-order valence-electron chi connectivity index (χ3n) is 4.00. The molecule has 1 aromatic rings. The lowest BCUT2D eigenvalue weighted by Crippen LogP contribution is -2.37. The summed E-state index contributed by atoms with van der Waals surface area (Å²) in [5.74, 6) is 1.35. The summed E-state index contributed by atoms with van der Waals surface area (Å²) in [5.41, 5.74) is 1.16. The second-order valence-electron chi connectivity index (χ2n) is 5.92. The Hall–Kier alpha value is -1.55. The van der Waals surface area contributed by atoms with Crippen LogP contribution in [-0.4, -0.2) is 32.1 Å². The lowest BCUT2D eigenvalue weighted by Gasteiger charge is -2.15. The van der Waals surface area contributed by atoms with E-state index in [2.05, 4.69) is 23.6 Å². The number of carbonyl (C=O) groups excluding carboxylic acids is 1. The molecule has 1 aliphatic rings. The van der Waals surface area contributed by atoms with E-state index >= 15 is 0 Å². The molecular formula is C17H26N2O2. The molecule has 2 atom stereocenters. The number of methoxy groups -OCH3 is 1. The fraction of sp³-hybridized carbons (Fsp3) is 0.588. The van der Waals surface area contributed by atoms with Gasteiger partial charge < -0.3 is 15.4 Å². The minimum Gasteiger partial charge on any atom is -0.496 e. The Kier molecular flexibility index (Phi) is 6.05. The summed E-state index contributed by atoms with van der Waals surface area (Å²) in [6.45, 7) is 3.94. The Morgan fingerprint density at radius 3 is 3.00 bits per heavy atom. The van der Waals surface area contributed by atoms with Gasteiger partial charge in [0.1, 0.15) is 5.75 Å². The molecular weight excluding hydrogens is 264 g/mol. The first kappa shape index (κ1) is 15.8. The van der Waals surface area contributed by atoms with Crippen molar-refractivity contribution in [1.29, 1.82) is 0 Å². The van der Waals surface area contributed by atoms with Gasteiger partial charge in [-0.3, -0.25) is 4.79 Å². The van der Waals surface area contributed by atoms with Crippen molar-refractivity contribution in [2.75, 3.05) is 20.2 Å². The van der Waals surface area contributed by atoms with Gasteiger partial charge in [0.05, 0.1) is 7.11 Å². The number of benzene rings is 1. The fourth-order valence-electron chi connectivity index (χ4n) is 2.88. The van der Waals surface area contributed by atoms with Crippen LogP contribution in [0.5, 0.6) is 5.75 Å². The molecule has 1 heterocycles. The zero-order valence-electron chi connectivity index (χ0n) is 13.0. The van der Waals surface area contributed by atoms with E-state index in [0.717, 1.165) is 37.2 Å². The lowest BCUT2D eigenvalue weighted by atomic mass is 9.97. The van der Waals surface area contributed by atoms with Crippen LogP contribution in [0.25, 0.3) is 0 Å². The quantitative estimate of drug-likeness (QED) is 0.809. The van der Waals surface area contributed by atoms with E-state index in [9.17, 15) is 4.79 Å². The minimum absolute atomic E-state index is 0.145. The van der Waals surface area contributed by atoms with E-state index in [1.54, 1.807) is 7.11 Å². The molecule has 116 valence electrons. The molecule has 2 unspecified atom stereocenters. The van der Waals surface area contributed by atoms with Gasteiger partial charge in [-0.25, -0.2) is 0 Å². The highest BCUT2D eigenvalue weighted by Crippen LogP contribution is 2.22. The van der Waals surface area contributed by atoms with Crippen molar-refractivity contribution in [2.24, 2.45) is 5.92 Å². The number of hydrogen-bond acceptors (Lipinski definition) is 3. The van der Waals surface area contributed by atoms with Gasteiger partial charge in [-0.1, -0.05) is 25.1 Å². The highest BCUT2D eigenvalue weighted by molar-refractivity contribution is 5.76. The zero-order valence-corrected chi connectivity index (χ0v) is 13.0. The van der Waals surface area contributed by atoms with Gasteiger partial charge in [-0.2, -0.15) is 0 Å². The minimum atomic E-state index is 0.145. The van der Waals surface area contributed by atoms with Gasteiger partial charge in [0, 0.05) is 19.0 Å². The van der Waals surface area contributed by atoms with Crippen LogP contribution in [0.3, 0.4) is 0 Å². The molecule has 0 aliphatic carbocycles. The van der Waals surface area contributed by atoms with Crippen LogP contribution in [0.1, 0.15) is 31.7 Å². The summed E-state index contributed by atoms with van der Waals surface area (Å²) in [5, 5.41) is 6.43. The maximum absolute atomic E-state index is 12.0. The van der Waals surface area contributed by atoms with Crippen molar-refractivity contribution in [1.82, 2.24) is 10.6 Å². The molecule has 1 aromatic carbocycles. The summed E-state index contributed by atoms with van der Waals surface area (Å²) in [6.07, 6.45) is 3.80. The summed E-state index contributed by atoms with van der Waals surface area (Å²) in [4.78, 5) is 12.0. The average Bonchev–Trinajstić information content (AvgIpc) is 2.99. The molecule has 0 spiro atoms. The Morgan fingerprint density at radius 2 is 2.29 bits per heavy atom. The van der Waals surface area contributed by atoms with Crippen LogP contribution in [0.4, 0.5) is 0 Å². The summed E-state index contributed by atoms with van der Waals surface area (Å²) in [7, 11) is 1.69. The predicted molar refractivity (Wildman–Crippen MR) is 84.5 cm³/mol. The van der Waals surface area contributed by atoms with Crippen LogP contribution in [0.15, 0.2) is 24.3 Å². The Balaban J connectivity index is 1.75. The van der Waals surface area contributed by atoms with E-state index in [-0.39, 0.29) is 5.91 Å². The van der Waals surface area contributed by atoms with Gasteiger partial charge >= 0.3 is 0 Å². The van der Waals surface area contributed by atoms with Gasteiger partial charge in [-0.05, 0) is 43.4 Å². The van der Waals surface area contributed by atoms with E-state index < -0.39 is 0 Å². The topological polar surface area (TPSA) is 50.4 Å². The fourth-order valence-corrected chi connectivity index (χ4v) is 2.88. The van der Waals surface area contributed by atoms with Crippen molar-refractivity contribution in [2.45, 2.75) is 38.6 Å². The van der Waals surface area contributed by atoms with Crippen LogP contribution in [0.2, 0.25) is 0 Å². The van der Waals surface area contributed by atoms with Crippen LogP contribution < -0.4 is 15.4 Å². The maximum Gasteiger partial charge on any atom is 0.220 e. The number of para-hydroxylation sites is 1. The molecule has 0 bridgehead atoms. The van der Waals surface area contributed by atoms with Crippen LogP contribution >= 0.6 is 0 Å².